The molecule has 150 valence electrons. The Kier molecular flexibility index (Phi) is 8.39. The number of nitrogens with zero attached hydrogens (tertiary/aromatic N) is 2. The molecule has 2 amide bonds. The van der Waals surface area contributed by atoms with Gasteiger partial charge in [0.2, 0.25) is 5.91 Å². The van der Waals surface area contributed by atoms with Gasteiger partial charge in [0, 0.05) is 42.8 Å². The summed E-state index contributed by atoms with van der Waals surface area (Å²) in [6.07, 6.45) is 3.72. The SMILES string of the molecule is CCCN(C(=O)C1CCCN(C(=O)c2ccc(Cl)cc2)C1)C1CCNC1.Cl. The lowest BCUT2D eigenvalue weighted by molar-refractivity contribution is -0.139. The van der Waals surface area contributed by atoms with Gasteiger partial charge < -0.3 is 15.1 Å². The van der Waals surface area contributed by atoms with Crippen LogP contribution in [-0.4, -0.2) is 60.4 Å². The lowest BCUT2D eigenvalue weighted by Gasteiger charge is -2.37. The molecule has 5 nitrogen and oxygen atoms in total. The summed E-state index contributed by atoms with van der Waals surface area (Å²) in [7, 11) is 0. The first kappa shape index (κ1) is 22.0. The minimum absolute atomic E-state index is 0. The second kappa shape index (κ2) is 10.3. The molecule has 0 saturated carbocycles. The van der Waals surface area contributed by atoms with Crippen LogP contribution in [0.4, 0.5) is 0 Å². The molecule has 0 bridgehead atoms. The van der Waals surface area contributed by atoms with E-state index in [1.54, 1.807) is 24.3 Å². The van der Waals surface area contributed by atoms with E-state index in [9.17, 15) is 9.59 Å². The number of hydrogen-bond acceptors (Lipinski definition) is 3. The largest absolute Gasteiger partial charge is 0.338 e. The predicted molar refractivity (Wildman–Crippen MR) is 111 cm³/mol. The van der Waals surface area contributed by atoms with Crippen LogP contribution in [-0.2, 0) is 4.79 Å². The van der Waals surface area contributed by atoms with Crippen molar-refractivity contribution < 1.29 is 9.59 Å². The molecule has 2 unspecified atom stereocenters. The van der Waals surface area contributed by atoms with Crippen LogP contribution in [0, 0.1) is 5.92 Å². The van der Waals surface area contributed by atoms with Crippen molar-refractivity contribution in [2.75, 3.05) is 32.7 Å². The summed E-state index contributed by atoms with van der Waals surface area (Å²) in [6.45, 7) is 5.99. The van der Waals surface area contributed by atoms with E-state index in [-0.39, 0.29) is 30.1 Å². The molecule has 2 fully saturated rings. The Balaban J connectivity index is 0.00000261. The van der Waals surface area contributed by atoms with Crippen molar-refractivity contribution in [3.8, 4) is 0 Å². The summed E-state index contributed by atoms with van der Waals surface area (Å²) in [5.41, 5.74) is 0.632. The second-order valence-electron chi connectivity index (χ2n) is 7.28. The number of amides is 2. The van der Waals surface area contributed by atoms with Gasteiger partial charge in [-0.05, 0) is 56.5 Å². The Morgan fingerprint density at radius 1 is 1.26 bits per heavy atom. The maximum absolute atomic E-state index is 13.2. The molecule has 0 spiro atoms. The Morgan fingerprint density at radius 2 is 2.00 bits per heavy atom. The molecule has 0 aromatic heterocycles. The van der Waals surface area contributed by atoms with Gasteiger partial charge in [0.1, 0.15) is 0 Å². The van der Waals surface area contributed by atoms with Crippen LogP contribution in [0.1, 0.15) is 43.0 Å². The highest BCUT2D eigenvalue weighted by molar-refractivity contribution is 6.30. The minimum atomic E-state index is -0.0906. The number of benzene rings is 1. The zero-order valence-electron chi connectivity index (χ0n) is 15.8. The van der Waals surface area contributed by atoms with Crippen molar-refractivity contribution in [1.82, 2.24) is 15.1 Å². The van der Waals surface area contributed by atoms with Gasteiger partial charge in [-0.1, -0.05) is 18.5 Å². The monoisotopic (exact) mass is 413 g/mol. The summed E-state index contributed by atoms with van der Waals surface area (Å²) in [5, 5.41) is 3.97. The van der Waals surface area contributed by atoms with E-state index >= 15 is 0 Å². The number of carbonyl (C=O) groups excluding carboxylic acids is 2. The zero-order chi connectivity index (χ0) is 18.5. The molecule has 27 heavy (non-hydrogen) atoms. The fourth-order valence-electron chi connectivity index (χ4n) is 3.99. The van der Waals surface area contributed by atoms with Crippen LogP contribution in [0.15, 0.2) is 24.3 Å². The normalized spacial score (nSPS) is 22.2. The first-order valence-electron chi connectivity index (χ1n) is 9.66. The first-order valence-corrected chi connectivity index (χ1v) is 10.0. The summed E-state index contributed by atoms with van der Waals surface area (Å²) in [6, 6.07) is 7.27. The van der Waals surface area contributed by atoms with E-state index in [1.165, 1.54) is 0 Å². The van der Waals surface area contributed by atoms with Crippen LogP contribution in [0.25, 0.3) is 0 Å². The average molecular weight is 414 g/mol. The molecular formula is C20H29Cl2N3O2. The van der Waals surface area contributed by atoms with Crippen LogP contribution < -0.4 is 5.32 Å². The standard InChI is InChI=1S/C20H28ClN3O2.ClH/c1-2-11-24(18-9-10-22-13-18)20(26)16-4-3-12-23(14-16)19(25)15-5-7-17(21)8-6-15;/h5-8,16,18,22H,2-4,9-14H2,1H3;1H. The van der Waals surface area contributed by atoms with E-state index in [1.807, 2.05) is 4.90 Å². The van der Waals surface area contributed by atoms with Crippen molar-refractivity contribution in [2.24, 2.45) is 5.92 Å². The Bertz CT molecular complexity index is 633. The van der Waals surface area contributed by atoms with Gasteiger partial charge in [0.05, 0.1) is 5.92 Å². The molecule has 2 heterocycles. The number of halogens is 2. The number of nitrogens with one attached hydrogen (secondary N) is 1. The van der Waals surface area contributed by atoms with Crippen molar-refractivity contribution in [2.45, 2.75) is 38.6 Å². The first-order chi connectivity index (χ1) is 12.6. The van der Waals surface area contributed by atoms with Gasteiger partial charge in [-0.2, -0.15) is 0 Å². The maximum Gasteiger partial charge on any atom is 0.253 e. The predicted octanol–water partition coefficient (Wildman–Crippen LogP) is 3.21. The molecule has 1 aromatic rings. The van der Waals surface area contributed by atoms with E-state index < -0.39 is 0 Å². The van der Waals surface area contributed by atoms with E-state index in [4.69, 9.17) is 11.6 Å². The van der Waals surface area contributed by atoms with Gasteiger partial charge in [0.25, 0.3) is 5.91 Å². The third-order valence-electron chi connectivity index (χ3n) is 5.37. The van der Waals surface area contributed by atoms with Crippen molar-refractivity contribution >= 4 is 35.8 Å². The maximum atomic E-state index is 13.2. The number of likely N-dealkylation sites (tertiary alicyclic amines) is 1. The summed E-state index contributed by atoms with van der Waals surface area (Å²) < 4.78 is 0. The van der Waals surface area contributed by atoms with E-state index in [0.717, 1.165) is 45.3 Å². The van der Waals surface area contributed by atoms with Gasteiger partial charge in [-0.25, -0.2) is 0 Å². The molecular weight excluding hydrogens is 385 g/mol. The van der Waals surface area contributed by atoms with Gasteiger partial charge in [-0.15, -0.1) is 12.4 Å². The lowest BCUT2D eigenvalue weighted by Crippen LogP contribution is -2.50. The minimum Gasteiger partial charge on any atom is -0.338 e. The molecule has 0 aliphatic carbocycles. The highest BCUT2D eigenvalue weighted by atomic mass is 35.5. The molecule has 1 N–H and O–H groups in total. The van der Waals surface area contributed by atoms with Crippen LogP contribution in [0.2, 0.25) is 5.02 Å². The zero-order valence-corrected chi connectivity index (χ0v) is 17.4. The fourth-order valence-corrected chi connectivity index (χ4v) is 4.12. The summed E-state index contributed by atoms with van der Waals surface area (Å²) in [4.78, 5) is 29.8. The number of carbonyl (C=O) groups is 2. The van der Waals surface area contributed by atoms with Crippen molar-refractivity contribution in [3.05, 3.63) is 34.9 Å². The van der Waals surface area contributed by atoms with Gasteiger partial charge in [0.15, 0.2) is 0 Å². The van der Waals surface area contributed by atoms with Crippen molar-refractivity contribution in [3.63, 3.8) is 0 Å². The topological polar surface area (TPSA) is 52.7 Å². The summed E-state index contributed by atoms with van der Waals surface area (Å²) in [5.74, 6) is 0.116. The molecule has 1 aromatic carbocycles. The smallest absolute Gasteiger partial charge is 0.253 e. The van der Waals surface area contributed by atoms with Crippen LogP contribution >= 0.6 is 24.0 Å². The molecule has 2 aliphatic heterocycles. The highest BCUT2D eigenvalue weighted by Crippen LogP contribution is 2.23. The molecule has 0 radical (unpaired) electrons. The lowest BCUT2D eigenvalue weighted by atomic mass is 9.95. The molecule has 7 heteroatoms. The van der Waals surface area contributed by atoms with Crippen LogP contribution in [0.3, 0.4) is 0 Å². The Morgan fingerprint density at radius 3 is 2.63 bits per heavy atom. The molecule has 2 atom stereocenters. The molecule has 2 saturated heterocycles. The average Bonchev–Trinajstić information content (AvgIpc) is 3.20. The van der Waals surface area contributed by atoms with E-state index in [0.29, 0.717) is 29.7 Å². The van der Waals surface area contributed by atoms with Gasteiger partial charge in [-0.3, -0.25) is 9.59 Å². The van der Waals surface area contributed by atoms with Crippen LogP contribution in [0.5, 0.6) is 0 Å². The number of rotatable bonds is 5. The highest BCUT2D eigenvalue weighted by Gasteiger charge is 2.34. The quantitative estimate of drug-likeness (QED) is 0.805. The second-order valence-corrected chi connectivity index (χ2v) is 7.71. The third kappa shape index (κ3) is 5.37. The number of hydrogen-bond donors (Lipinski definition) is 1. The van der Waals surface area contributed by atoms with E-state index in [2.05, 4.69) is 17.1 Å². The van der Waals surface area contributed by atoms with Crippen molar-refractivity contribution in [1.29, 1.82) is 0 Å². The van der Waals surface area contributed by atoms with Gasteiger partial charge >= 0.3 is 0 Å². The molecule has 3 rings (SSSR count). The fraction of sp³-hybridized carbons (Fsp3) is 0.600. The Hall–Kier alpha value is -1.30. The number of piperidine rings is 1. The summed E-state index contributed by atoms with van der Waals surface area (Å²) >= 11 is 5.91. The Labute approximate surface area is 172 Å². The molecule has 2 aliphatic rings. The third-order valence-corrected chi connectivity index (χ3v) is 5.62.